The van der Waals surface area contributed by atoms with Crippen molar-refractivity contribution >= 4 is 17.3 Å². The molecular formula is C10H9F3N2O5. The minimum Gasteiger partial charge on any atom is -0.477 e. The first-order valence-electron chi connectivity index (χ1n) is 5.14. The molecule has 0 saturated carbocycles. The van der Waals surface area contributed by atoms with Crippen molar-refractivity contribution in [1.29, 1.82) is 0 Å². The molecule has 3 N–H and O–H groups in total. The van der Waals surface area contributed by atoms with E-state index in [4.69, 9.17) is 10.2 Å². The molecule has 0 aliphatic carbocycles. The van der Waals surface area contributed by atoms with Crippen LogP contribution in [0.2, 0.25) is 0 Å². The molecule has 1 rings (SSSR count). The second-order valence-corrected chi connectivity index (χ2v) is 3.70. The number of alkyl halides is 3. The lowest BCUT2D eigenvalue weighted by Crippen LogP contribution is -2.35. The van der Waals surface area contributed by atoms with Gasteiger partial charge in [-0.2, -0.15) is 13.2 Å². The summed E-state index contributed by atoms with van der Waals surface area (Å²) in [5, 5.41) is 30.4. The first-order chi connectivity index (χ1) is 9.14. The highest BCUT2D eigenvalue weighted by molar-refractivity contribution is 5.95. The van der Waals surface area contributed by atoms with E-state index in [2.05, 4.69) is 0 Å². The summed E-state index contributed by atoms with van der Waals surface area (Å²) in [6, 6.07) is 3.14. The Morgan fingerprint density at radius 2 is 2.05 bits per heavy atom. The van der Waals surface area contributed by atoms with Crippen LogP contribution in [0.4, 0.5) is 24.5 Å². The molecule has 0 fully saturated rings. The number of carboxylic acid groups (broad SMARTS) is 1. The summed E-state index contributed by atoms with van der Waals surface area (Å²) in [5.74, 6) is -1.59. The number of rotatable bonds is 5. The third-order valence-electron chi connectivity index (χ3n) is 2.31. The fraction of sp³-hybridized carbons (Fsp3) is 0.300. The van der Waals surface area contributed by atoms with Crippen LogP contribution in [0.15, 0.2) is 18.2 Å². The van der Waals surface area contributed by atoms with E-state index in [0.717, 1.165) is 18.2 Å². The van der Waals surface area contributed by atoms with E-state index in [1.54, 1.807) is 0 Å². The maximum atomic E-state index is 12.1. The molecule has 0 bridgehead atoms. The van der Waals surface area contributed by atoms with Crippen LogP contribution in [0.25, 0.3) is 0 Å². The Kier molecular flexibility index (Phi) is 4.50. The number of hydrogen-bond acceptors (Lipinski definition) is 5. The van der Waals surface area contributed by atoms with Crippen LogP contribution < -0.4 is 5.32 Å². The lowest BCUT2D eigenvalue weighted by molar-refractivity contribution is -0.384. The largest absolute Gasteiger partial charge is 0.477 e. The number of aromatic carboxylic acids is 1. The number of nitrogens with one attached hydrogen (secondary N) is 1. The molecule has 0 radical (unpaired) electrons. The predicted molar refractivity (Wildman–Crippen MR) is 60.6 cm³/mol. The molecule has 0 amide bonds. The van der Waals surface area contributed by atoms with Crippen LogP contribution in [0.3, 0.4) is 0 Å². The Labute approximate surface area is 109 Å². The molecule has 1 aromatic rings. The highest BCUT2D eigenvalue weighted by Gasteiger charge is 2.38. The highest BCUT2D eigenvalue weighted by atomic mass is 19.4. The number of hydrogen-bond donors (Lipinski definition) is 3. The number of aliphatic hydroxyl groups is 1. The lowest BCUT2D eigenvalue weighted by Gasteiger charge is -2.16. The van der Waals surface area contributed by atoms with Crippen LogP contribution in [-0.4, -0.2) is 39.9 Å². The van der Waals surface area contributed by atoms with Gasteiger partial charge in [0.15, 0.2) is 6.10 Å². The third kappa shape index (κ3) is 3.57. The zero-order valence-electron chi connectivity index (χ0n) is 9.72. The maximum absolute atomic E-state index is 12.1. The van der Waals surface area contributed by atoms with Crippen molar-refractivity contribution in [2.24, 2.45) is 0 Å². The number of nitro groups is 1. The van der Waals surface area contributed by atoms with Gasteiger partial charge in [-0.1, -0.05) is 6.07 Å². The molecule has 1 aromatic carbocycles. The number of aliphatic hydroxyl groups excluding tert-OH is 1. The minimum absolute atomic E-state index is 0.418. The Bertz CT molecular complexity index is 532. The summed E-state index contributed by atoms with van der Waals surface area (Å²) < 4.78 is 36.3. The predicted octanol–water partition coefficient (Wildman–Crippen LogP) is 1.63. The summed E-state index contributed by atoms with van der Waals surface area (Å²) in [7, 11) is 0. The van der Waals surface area contributed by atoms with E-state index < -0.39 is 46.7 Å². The second kappa shape index (κ2) is 5.74. The van der Waals surface area contributed by atoms with Crippen molar-refractivity contribution < 1.29 is 33.1 Å². The van der Waals surface area contributed by atoms with Crippen LogP contribution >= 0.6 is 0 Å². The van der Waals surface area contributed by atoms with Gasteiger partial charge in [0.05, 0.1) is 4.92 Å². The number of carbonyl (C=O) groups is 1. The molecule has 0 spiro atoms. The van der Waals surface area contributed by atoms with Crippen molar-refractivity contribution in [2.75, 3.05) is 11.9 Å². The first kappa shape index (κ1) is 15.7. The molecule has 110 valence electrons. The van der Waals surface area contributed by atoms with Gasteiger partial charge in [0.1, 0.15) is 11.3 Å². The number of para-hydroxylation sites is 1. The molecule has 0 saturated heterocycles. The number of nitro benzene ring substituents is 1. The topological polar surface area (TPSA) is 113 Å². The van der Waals surface area contributed by atoms with Crippen LogP contribution in [0.5, 0.6) is 0 Å². The van der Waals surface area contributed by atoms with Crippen LogP contribution in [0.1, 0.15) is 10.4 Å². The molecule has 20 heavy (non-hydrogen) atoms. The van der Waals surface area contributed by atoms with E-state index >= 15 is 0 Å². The Morgan fingerprint density at radius 1 is 1.45 bits per heavy atom. The number of halogens is 3. The smallest absolute Gasteiger partial charge is 0.416 e. The van der Waals surface area contributed by atoms with E-state index in [9.17, 15) is 28.1 Å². The zero-order valence-corrected chi connectivity index (χ0v) is 9.72. The SMILES string of the molecule is O=C(O)c1cccc(NCC(O)C(F)(F)F)c1[N+](=O)[O-]. The average molecular weight is 294 g/mol. The molecular weight excluding hydrogens is 285 g/mol. The van der Waals surface area contributed by atoms with E-state index in [0.29, 0.717) is 0 Å². The second-order valence-electron chi connectivity index (χ2n) is 3.70. The summed E-state index contributed by atoms with van der Waals surface area (Å²) in [6.07, 6.45) is -7.61. The van der Waals surface area contributed by atoms with Gasteiger partial charge in [-0.05, 0) is 12.1 Å². The van der Waals surface area contributed by atoms with Crippen LogP contribution in [0, 0.1) is 10.1 Å². The number of benzene rings is 1. The third-order valence-corrected chi connectivity index (χ3v) is 2.31. The van der Waals surface area contributed by atoms with Crippen molar-refractivity contribution in [2.45, 2.75) is 12.3 Å². The fourth-order valence-corrected chi connectivity index (χ4v) is 1.38. The summed E-state index contributed by atoms with van der Waals surface area (Å²) in [5.41, 5.74) is -1.95. The zero-order chi connectivity index (χ0) is 15.5. The van der Waals surface area contributed by atoms with Gasteiger partial charge in [-0.25, -0.2) is 4.79 Å². The molecule has 0 aliphatic rings. The van der Waals surface area contributed by atoms with Gasteiger partial charge in [0.25, 0.3) is 0 Å². The van der Waals surface area contributed by atoms with Crippen molar-refractivity contribution in [3.8, 4) is 0 Å². The highest BCUT2D eigenvalue weighted by Crippen LogP contribution is 2.29. The van der Waals surface area contributed by atoms with Gasteiger partial charge < -0.3 is 15.5 Å². The lowest BCUT2D eigenvalue weighted by atomic mass is 10.1. The number of anilines is 1. The fourth-order valence-electron chi connectivity index (χ4n) is 1.38. The Hall–Kier alpha value is -2.36. The van der Waals surface area contributed by atoms with E-state index in [-0.39, 0.29) is 0 Å². The quantitative estimate of drug-likeness (QED) is 0.562. The monoisotopic (exact) mass is 294 g/mol. The minimum atomic E-state index is -4.88. The molecule has 10 heteroatoms. The van der Waals surface area contributed by atoms with Gasteiger partial charge >= 0.3 is 17.8 Å². The Morgan fingerprint density at radius 3 is 2.50 bits per heavy atom. The molecule has 1 atom stereocenters. The number of carboxylic acids is 1. The first-order valence-corrected chi connectivity index (χ1v) is 5.14. The Balaban J connectivity index is 3.04. The van der Waals surface area contributed by atoms with Crippen molar-refractivity contribution in [3.05, 3.63) is 33.9 Å². The van der Waals surface area contributed by atoms with Gasteiger partial charge in [-0.3, -0.25) is 10.1 Å². The van der Waals surface area contributed by atoms with E-state index in [1.165, 1.54) is 0 Å². The summed E-state index contributed by atoms with van der Waals surface area (Å²) >= 11 is 0. The van der Waals surface area contributed by atoms with Crippen molar-refractivity contribution in [1.82, 2.24) is 0 Å². The molecule has 1 unspecified atom stereocenters. The average Bonchev–Trinajstić information content (AvgIpc) is 2.33. The van der Waals surface area contributed by atoms with Gasteiger partial charge in [0, 0.05) is 6.54 Å². The summed E-state index contributed by atoms with van der Waals surface area (Å²) in [4.78, 5) is 20.6. The molecule has 7 nitrogen and oxygen atoms in total. The van der Waals surface area contributed by atoms with E-state index in [1.807, 2.05) is 5.32 Å². The standard InChI is InChI=1S/C10H9F3N2O5/c11-10(12,13)7(16)4-14-6-3-1-2-5(9(17)18)8(6)15(19)20/h1-3,7,14,16H,4H2,(H,17,18). The number of nitrogens with zero attached hydrogens (tertiary/aromatic N) is 1. The summed E-state index contributed by atoms with van der Waals surface area (Å²) in [6.45, 7) is -1.03. The normalized spacial score (nSPS) is 12.8. The van der Waals surface area contributed by atoms with Crippen molar-refractivity contribution in [3.63, 3.8) is 0 Å². The molecule has 0 aromatic heterocycles. The van der Waals surface area contributed by atoms with Crippen LogP contribution in [-0.2, 0) is 0 Å². The molecule has 0 aliphatic heterocycles. The molecule has 0 heterocycles. The van der Waals surface area contributed by atoms with Gasteiger partial charge in [0.2, 0.25) is 0 Å². The maximum Gasteiger partial charge on any atom is 0.416 e. The van der Waals surface area contributed by atoms with Gasteiger partial charge in [-0.15, -0.1) is 0 Å².